The number of nitrogens with one attached hydrogen (secondary N) is 2. The molecule has 0 saturated carbocycles. The molecule has 0 aliphatic carbocycles. The fraction of sp³-hybridized carbons (Fsp3) is 0.727. The maximum Gasteiger partial charge on any atom is 0.124 e. The number of hydrogen-bond acceptors (Lipinski definition) is 4. The van der Waals surface area contributed by atoms with Gasteiger partial charge >= 0.3 is 0 Å². The van der Waals surface area contributed by atoms with Crippen LogP contribution in [0, 0.1) is 17.2 Å². The Bertz CT molecular complexity index is 230. The van der Waals surface area contributed by atoms with Crippen molar-refractivity contribution in [1.29, 1.82) is 5.26 Å². The Morgan fingerprint density at radius 1 is 1.60 bits per heavy atom. The molecule has 0 spiro atoms. The molecule has 0 aromatic rings. The van der Waals surface area contributed by atoms with Crippen LogP contribution in [0.3, 0.4) is 0 Å². The molecule has 1 fully saturated rings. The summed E-state index contributed by atoms with van der Waals surface area (Å²) in [5, 5.41) is 23.9. The van der Waals surface area contributed by atoms with Crippen LogP contribution in [-0.4, -0.2) is 31.0 Å². The highest BCUT2D eigenvalue weighted by molar-refractivity contribution is 4.93. The SMILES string of the molecule is N#CC/C=C\C(O)NCCCC1CNC1. The third-order valence-corrected chi connectivity index (χ3v) is 2.54. The van der Waals surface area contributed by atoms with Crippen LogP contribution < -0.4 is 10.6 Å². The molecule has 0 aromatic carbocycles. The van der Waals surface area contributed by atoms with E-state index in [2.05, 4.69) is 10.6 Å². The predicted molar refractivity (Wildman–Crippen MR) is 59.0 cm³/mol. The molecular weight excluding hydrogens is 190 g/mol. The predicted octanol–water partition coefficient (Wildman–Crippen LogP) is 0.364. The van der Waals surface area contributed by atoms with Crippen LogP contribution >= 0.6 is 0 Å². The van der Waals surface area contributed by atoms with E-state index in [9.17, 15) is 5.11 Å². The van der Waals surface area contributed by atoms with Crippen LogP contribution in [0.1, 0.15) is 19.3 Å². The molecule has 1 atom stereocenters. The molecule has 3 N–H and O–H groups in total. The van der Waals surface area contributed by atoms with Crippen LogP contribution in [0.15, 0.2) is 12.2 Å². The van der Waals surface area contributed by atoms with Gasteiger partial charge < -0.3 is 10.4 Å². The van der Waals surface area contributed by atoms with Crippen molar-refractivity contribution in [3.63, 3.8) is 0 Å². The van der Waals surface area contributed by atoms with Gasteiger partial charge in [0, 0.05) is 0 Å². The van der Waals surface area contributed by atoms with E-state index in [1.54, 1.807) is 12.2 Å². The Labute approximate surface area is 91.0 Å². The van der Waals surface area contributed by atoms with Gasteiger partial charge in [0.05, 0.1) is 12.5 Å². The minimum atomic E-state index is -0.613. The zero-order valence-corrected chi connectivity index (χ0v) is 8.95. The van der Waals surface area contributed by atoms with Crippen LogP contribution in [0.25, 0.3) is 0 Å². The van der Waals surface area contributed by atoms with E-state index in [-0.39, 0.29) is 0 Å². The highest BCUT2D eigenvalue weighted by Crippen LogP contribution is 2.09. The number of nitriles is 1. The van der Waals surface area contributed by atoms with Gasteiger partial charge in [-0.3, -0.25) is 5.32 Å². The van der Waals surface area contributed by atoms with Crippen molar-refractivity contribution < 1.29 is 5.11 Å². The lowest BCUT2D eigenvalue weighted by Gasteiger charge is -2.27. The number of allylic oxidation sites excluding steroid dienone is 1. The van der Waals surface area contributed by atoms with Crippen molar-refractivity contribution in [2.45, 2.75) is 25.5 Å². The van der Waals surface area contributed by atoms with Crippen LogP contribution in [-0.2, 0) is 0 Å². The fourth-order valence-corrected chi connectivity index (χ4v) is 1.51. The van der Waals surface area contributed by atoms with E-state index in [1.165, 1.54) is 6.42 Å². The summed E-state index contributed by atoms with van der Waals surface area (Å²) in [5.74, 6) is 0.832. The smallest absolute Gasteiger partial charge is 0.124 e. The van der Waals surface area contributed by atoms with Crippen LogP contribution in [0.2, 0.25) is 0 Å². The van der Waals surface area contributed by atoms with Crippen molar-refractivity contribution in [2.75, 3.05) is 19.6 Å². The van der Waals surface area contributed by atoms with Gasteiger partial charge in [-0.1, -0.05) is 6.08 Å². The molecule has 4 nitrogen and oxygen atoms in total. The summed E-state index contributed by atoms with van der Waals surface area (Å²) in [6.45, 7) is 3.11. The fourth-order valence-electron chi connectivity index (χ4n) is 1.51. The zero-order chi connectivity index (χ0) is 10.9. The topological polar surface area (TPSA) is 68.1 Å². The molecule has 0 radical (unpaired) electrons. The normalized spacial score (nSPS) is 18.7. The molecular formula is C11H19N3O. The van der Waals surface area contributed by atoms with E-state index >= 15 is 0 Å². The first-order valence-corrected chi connectivity index (χ1v) is 5.48. The third kappa shape index (κ3) is 5.53. The van der Waals surface area contributed by atoms with Gasteiger partial charge in [0.25, 0.3) is 0 Å². The Balaban J connectivity index is 1.91. The summed E-state index contributed by atoms with van der Waals surface area (Å²) >= 11 is 0. The molecule has 84 valence electrons. The Hall–Kier alpha value is -0.890. The molecule has 0 aromatic heterocycles. The second-order valence-electron chi connectivity index (χ2n) is 3.86. The summed E-state index contributed by atoms with van der Waals surface area (Å²) in [4.78, 5) is 0. The zero-order valence-electron chi connectivity index (χ0n) is 8.95. The number of nitrogens with zero attached hydrogens (tertiary/aromatic N) is 1. The molecule has 0 amide bonds. The van der Waals surface area contributed by atoms with E-state index in [0.29, 0.717) is 6.42 Å². The molecule has 1 saturated heterocycles. The highest BCUT2D eigenvalue weighted by Gasteiger charge is 2.15. The molecule has 1 heterocycles. The van der Waals surface area contributed by atoms with Gasteiger partial charge in [-0.15, -0.1) is 0 Å². The van der Waals surface area contributed by atoms with Crippen molar-refractivity contribution in [1.82, 2.24) is 10.6 Å². The van der Waals surface area contributed by atoms with Crippen molar-refractivity contribution in [3.05, 3.63) is 12.2 Å². The van der Waals surface area contributed by atoms with E-state index < -0.39 is 6.23 Å². The molecule has 15 heavy (non-hydrogen) atoms. The first kappa shape index (κ1) is 12.2. The number of rotatable bonds is 7. The summed E-state index contributed by atoms with van der Waals surface area (Å²) in [7, 11) is 0. The average Bonchev–Trinajstić information content (AvgIpc) is 2.15. The van der Waals surface area contributed by atoms with Crippen LogP contribution in [0.4, 0.5) is 0 Å². The average molecular weight is 209 g/mol. The second-order valence-corrected chi connectivity index (χ2v) is 3.86. The summed E-state index contributed by atoms with van der Waals surface area (Å²) in [5.41, 5.74) is 0. The first-order chi connectivity index (χ1) is 7.33. The van der Waals surface area contributed by atoms with Gasteiger partial charge in [-0.05, 0) is 44.5 Å². The largest absolute Gasteiger partial charge is 0.375 e. The lowest BCUT2D eigenvalue weighted by atomic mass is 9.97. The van der Waals surface area contributed by atoms with Gasteiger partial charge in [-0.25, -0.2) is 0 Å². The minimum Gasteiger partial charge on any atom is -0.375 e. The molecule has 0 bridgehead atoms. The van der Waals surface area contributed by atoms with E-state index in [1.807, 2.05) is 6.07 Å². The van der Waals surface area contributed by atoms with Gasteiger partial charge in [0.15, 0.2) is 0 Å². The van der Waals surface area contributed by atoms with E-state index in [4.69, 9.17) is 5.26 Å². The molecule has 1 unspecified atom stereocenters. The maximum atomic E-state index is 9.39. The molecule has 1 rings (SSSR count). The molecule has 1 aliphatic rings. The lowest BCUT2D eigenvalue weighted by molar-refractivity contribution is 0.181. The first-order valence-electron chi connectivity index (χ1n) is 5.48. The summed E-state index contributed by atoms with van der Waals surface area (Å²) in [6.07, 6.45) is 5.34. The minimum absolute atomic E-state index is 0.354. The molecule has 1 aliphatic heterocycles. The lowest BCUT2D eigenvalue weighted by Crippen LogP contribution is -2.42. The van der Waals surface area contributed by atoms with Gasteiger partial charge in [-0.2, -0.15) is 5.26 Å². The van der Waals surface area contributed by atoms with Gasteiger partial charge in [0.2, 0.25) is 0 Å². The van der Waals surface area contributed by atoms with Crippen molar-refractivity contribution in [2.24, 2.45) is 5.92 Å². The Morgan fingerprint density at radius 3 is 3.00 bits per heavy atom. The number of aliphatic hydroxyl groups is 1. The quantitative estimate of drug-likeness (QED) is 0.322. The standard InChI is InChI=1S/C11H19N3O/c12-6-2-1-5-11(15)14-7-3-4-10-8-13-9-10/h1,5,10-11,13-15H,2-4,7-9H2/b5-1-. The van der Waals surface area contributed by atoms with Crippen molar-refractivity contribution in [3.8, 4) is 6.07 Å². The second kappa shape index (κ2) is 7.41. The monoisotopic (exact) mass is 209 g/mol. The summed E-state index contributed by atoms with van der Waals surface area (Å²) < 4.78 is 0. The maximum absolute atomic E-state index is 9.39. The number of hydrogen-bond donors (Lipinski definition) is 3. The summed E-state index contributed by atoms with van der Waals surface area (Å²) in [6, 6.07) is 1.99. The van der Waals surface area contributed by atoms with E-state index in [0.717, 1.165) is 32.0 Å². The van der Waals surface area contributed by atoms with Crippen LogP contribution in [0.5, 0.6) is 0 Å². The van der Waals surface area contributed by atoms with Crippen molar-refractivity contribution >= 4 is 0 Å². The molecule has 4 heteroatoms. The number of aliphatic hydroxyl groups excluding tert-OH is 1. The Kier molecular flexibility index (Phi) is 6.02. The highest BCUT2D eigenvalue weighted by atomic mass is 16.3. The third-order valence-electron chi connectivity index (χ3n) is 2.54. The van der Waals surface area contributed by atoms with Gasteiger partial charge in [0.1, 0.15) is 6.23 Å². The Morgan fingerprint density at radius 2 is 2.40 bits per heavy atom.